The Labute approximate surface area is 150 Å². The van der Waals surface area contributed by atoms with Crippen LogP contribution in [0, 0.1) is 6.92 Å². The highest BCUT2D eigenvalue weighted by Crippen LogP contribution is 2.25. The molecular weight excluding hydrogens is 324 g/mol. The topological polar surface area (TPSA) is 67.8 Å². The number of carbonyl (C=O) groups excluding carboxylic acids is 1. The predicted octanol–water partition coefficient (Wildman–Crippen LogP) is 4.25. The van der Waals surface area contributed by atoms with Crippen LogP contribution in [0.5, 0.6) is 0 Å². The Bertz CT molecular complexity index is 1080. The molecule has 1 N–H and O–H groups in total. The predicted molar refractivity (Wildman–Crippen MR) is 102 cm³/mol. The molecular formula is C21H16N4O. The summed E-state index contributed by atoms with van der Waals surface area (Å²) in [6.45, 7) is 2.04. The number of hydrogen-bond acceptors (Lipinski definition) is 4. The van der Waals surface area contributed by atoms with E-state index in [1.165, 1.54) is 5.56 Å². The molecule has 0 aliphatic heterocycles. The second-order valence-electron chi connectivity index (χ2n) is 5.96. The van der Waals surface area contributed by atoms with Crippen LogP contribution in [-0.4, -0.2) is 20.9 Å². The van der Waals surface area contributed by atoms with Crippen LogP contribution in [-0.2, 0) is 0 Å². The van der Waals surface area contributed by atoms with Crippen LogP contribution in [0.4, 0.5) is 5.95 Å². The summed E-state index contributed by atoms with van der Waals surface area (Å²) < 4.78 is 0. The highest BCUT2D eigenvalue weighted by atomic mass is 16.1. The molecule has 4 rings (SSSR count). The lowest BCUT2D eigenvalue weighted by molar-refractivity contribution is 0.102. The molecule has 2 aromatic heterocycles. The maximum Gasteiger partial charge on any atom is 0.258 e. The number of carbonyl (C=O) groups is 1. The van der Waals surface area contributed by atoms with Crippen molar-refractivity contribution in [3.63, 3.8) is 0 Å². The van der Waals surface area contributed by atoms with Crippen LogP contribution in [0.3, 0.4) is 0 Å². The number of fused-ring (bicyclic) bond motifs is 1. The van der Waals surface area contributed by atoms with Crippen LogP contribution in [0.1, 0.15) is 15.9 Å². The van der Waals surface area contributed by atoms with Crippen molar-refractivity contribution in [2.24, 2.45) is 0 Å². The fraction of sp³-hybridized carbons (Fsp3) is 0.0476. The van der Waals surface area contributed by atoms with Gasteiger partial charge in [-0.2, -0.15) is 0 Å². The maximum absolute atomic E-state index is 12.8. The third-order valence-electron chi connectivity index (χ3n) is 4.10. The van der Waals surface area contributed by atoms with Gasteiger partial charge in [0.25, 0.3) is 5.91 Å². The molecule has 0 aliphatic rings. The average molecular weight is 340 g/mol. The number of aryl methyl sites for hydroxylation is 1. The summed E-state index contributed by atoms with van der Waals surface area (Å²) in [5.41, 5.74) is 4.20. The van der Waals surface area contributed by atoms with Crippen molar-refractivity contribution in [1.82, 2.24) is 15.0 Å². The zero-order valence-electron chi connectivity index (χ0n) is 14.2. The minimum Gasteiger partial charge on any atom is -0.290 e. The lowest BCUT2D eigenvalue weighted by atomic mass is 10.0. The van der Waals surface area contributed by atoms with Gasteiger partial charge >= 0.3 is 0 Å². The molecule has 2 heterocycles. The lowest BCUT2D eigenvalue weighted by Crippen LogP contribution is -2.15. The van der Waals surface area contributed by atoms with E-state index in [4.69, 9.17) is 4.98 Å². The van der Waals surface area contributed by atoms with Crippen LogP contribution >= 0.6 is 0 Å². The standard InChI is InChI=1S/C21H16N4O/c1-14-7-9-15(10-8-14)19-13-17(16-5-2-3-6-18(16)24-19)20(26)25-21-22-11-4-12-23-21/h2-13H,1H3,(H,22,23,25,26). The molecule has 0 saturated carbocycles. The van der Waals surface area contributed by atoms with Crippen LogP contribution in [0.2, 0.25) is 0 Å². The second-order valence-corrected chi connectivity index (χ2v) is 5.96. The molecule has 0 radical (unpaired) electrons. The van der Waals surface area contributed by atoms with Gasteiger partial charge in [-0.1, -0.05) is 48.0 Å². The van der Waals surface area contributed by atoms with E-state index in [0.29, 0.717) is 5.56 Å². The number of hydrogen-bond donors (Lipinski definition) is 1. The first kappa shape index (κ1) is 15.9. The third kappa shape index (κ3) is 3.15. The summed E-state index contributed by atoms with van der Waals surface area (Å²) in [5, 5.41) is 3.54. The van der Waals surface area contributed by atoms with Crippen molar-refractivity contribution in [3.8, 4) is 11.3 Å². The van der Waals surface area contributed by atoms with Gasteiger partial charge in [0.1, 0.15) is 0 Å². The summed E-state index contributed by atoms with van der Waals surface area (Å²) in [6, 6.07) is 19.2. The Hall–Kier alpha value is -3.60. The number of nitrogens with one attached hydrogen (secondary N) is 1. The van der Waals surface area contributed by atoms with Gasteiger partial charge in [-0.15, -0.1) is 0 Å². The molecule has 0 fully saturated rings. The largest absolute Gasteiger partial charge is 0.290 e. The number of para-hydroxylation sites is 1. The van der Waals surface area contributed by atoms with Gasteiger partial charge in [-0.25, -0.2) is 15.0 Å². The molecule has 0 atom stereocenters. The van der Waals surface area contributed by atoms with E-state index in [1.54, 1.807) is 18.5 Å². The Balaban J connectivity index is 1.82. The van der Waals surface area contributed by atoms with E-state index in [1.807, 2.05) is 61.5 Å². The van der Waals surface area contributed by atoms with E-state index in [2.05, 4.69) is 15.3 Å². The van der Waals surface area contributed by atoms with Crippen molar-refractivity contribution in [2.75, 3.05) is 5.32 Å². The summed E-state index contributed by atoms with van der Waals surface area (Å²) in [7, 11) is 0. The van der Waals surface area contributed by atoms with Gasteiger partial charge < -0.3 is 0 Å². The summed E-state index contributed by atoms with van der Waals surface area (Å²) in [5.74, 6) is 0.0124. The quantitative estimate of drug-likeness (QED) is 0.605. The lowest BCUT2D eigenvalue weighted by Gasteiger charge is -2.10. The van der Waals surface area contributed by atoms with E-state index in [9.17, 15) is 4.79 Å². The number of benzene rings is 2. The first-order valence-electron chi connectivity index (χ1n) is 8.26. The number of aromatic nitrogens is 3. The van der Waals surface area contributed by atoms with Crippen molar-refractivity contribution < 1.29 is 4.79 Å². The molecule has 5 heteroatoms. The maximum atomic E-state index is 12.8. The summed E-state index contributed by atoms with van der Waals surface area (Å²) in [6.07, 6.45) is 3.18. The van der Waals surface area contributed by atoms with Gasteiger partial charge in [0.05, 0.1) is 16.8 Å². The fourth-order valence-corrected chi connectivity index (χ4v) is 2.77. The summed E-state index contributed by atoms with van der Waals surface area (Å²) >= 11 is 0. The Morgan fingerprint density at radius 1 is 0.923 bits per heavy atom. The number of rotatable bonds is 3. The molecule has 126 valence electrons. The number of anilines is 1. The van der Waals surface area contributed by atoms with Crippen LogP contribution in [0.25, 0.3) is 22.2 Å². The van der Waals surface area contributed by atoms with Crippen LogP contribution in [0.15, 0.2) is 73.1 Å². The van der Waals surface area contributed by atoms with Crippen molar-refractivity contribution in [2.45, 2.75) is 6.92 Å². The molecule has 0 saturated heterocycles. The fourth-order valence-electron chi connectivity index (χ4n) is 2.77. The minimum absolute atomic E-state index is 0.261. The second kappa shape index (κ2) is 6.72. The molecule has 0 bridgehead atoms. The van der Waals surface area contributed by atoms with Gasteiger partial charge in [0.15, 0.2) is 0 Å². The highest BCUT2D eigenvalue weighted by molar-refractivity contribution is 6.12. The molecule has 0 unspecified atom stereocenters. The average Bonchev–Trinajstić information content (AvgIpc) is 2.68. The van der Waals surface area contributed by atoms with Crippen molar-refractivity contribution >= 4 is 22.8 Å². The molecule has 0 spiro atoms. The Kier molecular flexibility index (Phi) is 4.11. The minimum atomic E-state index is -0.261. The van der Waals surface area contributed by atoms with Gasteiger partial charge in [-0.05, 0) is 25.1 Å². The number of pyridine rings is 1. The SMILES string of the molecule is Cc1ccc(-c2cc(C(=O)Nc3ncccn3)c3ccccc3n2)cc1. The smallest absolute Gasteiger partial charge is 0.258 e. The van der Waals surface area contributed by atoms with E-state index >= 15 is 0 Å². The zero-order valence-corrected chi connectivity index (χ0v) is 14.2. The van der Waals surface area contributed by atoms with Gasteiger partial charge in [0.2, 0.25) is 5.95 Å². The molecule has 26 heavy (non-hydrogen) atoms. The van der Waals surface area contributed by atoms with Crippen molar-refractivity contribution in [3.05, 3.63) is 84.2 Å². The van der Waals surface area contributed by atoms with E-state index < -0.39 is 0 Å². The van der Waals surface area contributed by atoms with Crippen LogP contribution < -0.4 is 5.32 Å². The Morgan fingerprint density at radius 2 is 1.65 bits per heavy atom. The molecule has 4 aromatic rings. The number of amides is 1. The third-order valence-corrected chi connectivity index (χ3v) is 4.10. The molecule has 1 amide bonds. The highest BCUT2D eigenvalue weighted by Gasteiger charge is 2.15. The summed E-state index contributed by atoms with van der Waals surface area (Å²) in [4.78, 5) is 25.7. The zero-order chi connectivity index (χ0) is 17.9. The normalized spacial score (nSPS) is 10.7. The first-order valence-corrected chi connectivity index (χ1v) is 8.26. The number of nitrogens with zero attached hydrogens (tertiary/aromatic N) is 3. The van der Waals surface area contributed by atoms with Crippen molar-refractivity contribution in [1.29, 1.82) is 0 Å². The van der Waals surface area contributed by atoms with Gasteiger partial charge in [0, 0.05) is 23.3 Å². The van der Waals surface area contributed by atoms with E-state index in [-0.39, 0.29) is 11.9 Å². The van der Waals surface area contributed by atoms with E-state index in [0.717, 1.165) is 22.2 Å². The Morgan fingerprint density at radius 3 is 2.42 bits per heavy atom. The first-order chi connectivity index (χ1) is 12.7. The monoisotopic (exact) mass is 340 g/mol. The molecule has 2 aromatic carbocycles. The molecule has 5 nitrogen and oxygen atoms in total. The van der Waals surface area contributed by atoms with Gasteiger partial charge in [-0.3, -0.25) is 10.1 Å². The molecule has 0 aliphatic carbocycles.